The second-order valence-corrected chi connectivity index (χ2v) is 10.5. The zero-order valence-electron chi connectivity index (χ0n) is 21.3. The molecule has 38 heavy (non-hydrogen) atoms. The maximum absolute atomic E-state index is 13.8. The van der Waals surface area contributed by atoms with Crippen molar-refractivity contribution in [3.05, 3.63) is 81.8 Å². The zero-order chi connectivity index (χ0) is 26.5. The standard InChI is InChI=1S/C29H31FN2O5S/c1-35-23-5-2-4-20(16-23)29(34)31(17-24-6-3-14-36-24)18-28(33)32-13-11-27-25(12-15-38-27)26(32)19-37-22-9-7-21(30)8-10-22/h2,4-5,7-10,12,15-16,24,26H,3,6,11,13-14,17-19H2,1H3/t24-,26+/m0/s1. The van der Waals surface area contributed by atoms with Crippen molar-refractivity contribution < 1.29 is 28.2 Å². The number of hydrogen-bond donors (Lipinski definition) is 0. The van der Waals surface area contributed by atoms with Crippen molar-refractivity contribution >= 4 is 23.2 Å². The molecule has 0 bridgehead atoms. The molecule has 0 unspecified atom stereocenters. The number of nitrogens with zero attached hydrogens (tertiary/aromatic N) is 2. The number of carbonyl (C=O) groups is 2. The monoisotopic (exact) mass is 538 g/mol. The summed E-state index contributed by atoms with van der Waals surface area (Å²) >= 11 is 1.67. The molecule has 3 heterocycles. The van der Waals surface area contributed by atoms with Gasteiger partial charge in [-0.15, -0.1) is 11.3 Å². The highest BCUT2D eigenvalue weighted by atomic mass is 32.1. The van der Waals surface area contributed by atoms with Crippen molar-refractivity contribution in [3.63, 3.8) is 0 Å². The number of hydrogen-bond acceptors (Lipinski definition) is 6. The summed E-state index contributed by atoms with van der Waals surface area (Å²) in [6.45, 7) is 1.70. The van der Waals surface area contributed by atoms with Gasteiger partial charge >= 0.3 is 0 Å². The van der Waals surface area contributed by atoms with E-state index in [9.17, 15) is 14.0 Å². The molecule has 0 aliphatic carbocycles. The number of methoxy groups -OCH3 is 1. The fraction of sp³-hybridized carbons (Fsp3) is 0.379. The predicted molar refractivity (Wildman–Crippen MR) is 142 cm³/mol. The molecule has 0 spiro atoms. The molecule has 1 saturated heterocycles. The SMILES string of the molecule is COc1cccc(C(=O)N(CC(=O)N2CCc3sccc3[C@H]2COc2ccc(F)cc2)C[C@@H]2CCCO2)c1. The van der Waals surface area contributed by atoms with Crippen LogP contribution < -0.4 is 9.47 Å². The Morgan fingerprint density at radius 2 is 2.00 bits per heavy atom. The Labute approximate surface area is 225 Å². The summed E-state index contributed by atoms with van der Waals surface area (Å²) in [7, 11) is 1.56. The van der Waals surface area contributed by atoms with Crippen LogP contribution >= 0.6 is 11.3 Å². The zero-order valence-corrected chi connectivity index (χ0v) is 22.1. The fourth-order valence-electron chi connectivity index (χ4n) is 5.03. The number of fused-ring (bicyclic) bond motifs is 1. The van der Waals surface area contributed by atoms with E-state index in [1.807, 2.05) is 11.4 Å². The summed E-state index contributed by atoms with van der Waals surface area (Å²) in [6, 6.07) is 14.5. The summed E-state index contributed by atoms with van der Waals surface area (Å²) < 4.78 is 30.4. The summed E-state index contributed by atoms with van der Waals surface area (Å²) in [5.74, 6) is 0.399. The minimum absolute atomic E-state index is 0.0670. The Morgan fingerprint density at radius 1 is 1.16 bits per heavy atom. The molecule has 0 radical (unpaired) electrons. The molecule has 0 saturated carbocycles. The van der Waals surface area contributed by atoms with Crippen LogP contribution in [0.1, 0.15) is 39.7 Å². The van der Waals surface area contributed by atoms with Crippen molar-refractivity contribution in [2.75, 3.05) is 40.0 Å². The lowest BCUT2D eigenvalue weighted by molar-refractivity contribution is -0.135. The summed E-state index contributed by atoms with van der Waals surface area (Å²) in [4.78, 5) is 32.0. The molecule has 0 N–H and O–H groups in total. The first-order valence-electron chi connectivity index (χ1n) is 12.8. The molecule has 1 fully saturated rings. The Bertz CT molecular complexity index is 1260. The van der Waals surface area contributed by atoms with E-state index < -0.39 is 0 Å². The van der Waals surface area contributed by atoms with Gasteiger partial charge < -0.3 is 24.0 Å². The van der Waals surface area contributed by atoms with Crippen LogP contribution in [0.25, 0.3) is 0 Å². The third kappa shape index (κ3) is 6.00. The molecular formula is C29H31FN2O5S. The second-order valence-electron chi connectivity index (χ2n) is 9.47. The molecule has 1 aromatic heterocycles. The Balaban J connectivity index is 1.35. The van der Waals surface area contributed by atoms with Crippen molar-refractivity contribution in [3.8, 4) is 11.5 Å². The molecule has 5 rings (SSSR count). The summed E-state index contributed by atoms with van der Waals surface area (Å²) in [5, 5.41) is 2.03. The minimum atomic E-state index is -0.334. The lowest BCUT2D eigenvalue weighted by atomic mass is 10.00. The van der Waals surface area contributed by atoms with E-state index >= 15 is 0 Å². The first kappa shape index (κ1) is 26.2. The number of benzene rings is 2. The lowest BCUT2D eigenvalue weighted by Crippen LogP contribution is -2.49. The highest BCUT2D eigenvalue weighted by Crippen LogP contribution is 2.34. The van der Waals surface area contributed by atoms with E-state index in [2.05, 4.69) is 0 Å². The number of amides is 2. The highest BCUT2D eigenvalue weighted by Gasteiger charge is 2.34. The predicted octanol–water partition coefficient (Wildman–Crippen LogP) is 4.72. The van der Waals surface area contributed by atoms with Crippen LogP contribution in [0.3, 0.4) is 0 Å². The highest BCUT2D eigenvalue weighted by molar-refractivity contribution is 7.10. The van der Waals surface area contributed by atoms with Gasteiger partial charge in [0, 0.05) is 30.1 Å². The molecule has 2 amide bonds. The van der Waals surface area contributed by atoms with Crippen molar-refractivity contribution in [1.82, 2.24) is 9.80 Å². The van der Waals surface area contributed by atoms with Crippen LogP contribution in [0.15, 0.2) is 60.0 Å². The average Bonchev–Trinajstić information content (AvgIpc) is 3.64. The molecule has 9 heteroatoms. The van der Waals surface area contributed by atoms with Crippen LogP contribution in [0, 0.1) is 5.82 Å². The van der Waals surface area contributed by atoms with E-state index in [0.717, 1.165) is 24.8 Å². The van der Waals surface area contributed by atoms with E-state index in [1.54, 1.807) is 64.6 Å². The van der Waals surface area contributed by atoms with Crippen LogP contribution in [0.5, 0.6) is 11.5 Å². The Hall–Kier alpha value is -3.43. The Morgan fingerprint density at radius 3 is 2.76 bits per heavy atom. The Kier molecular flexibility index (Phi) is 8.24. The molecular weight excluding hydrogens is 507 g/mol. The normalized spacial score (nSPS) is 18.6. The molecule has 7 nitrogen and oxygen atoms in total. The van der Waals surface area contributed by atoms with Gasteiger partial charge in [-0.3, -0.25) is 9.59 Å². The summed E-state index contributed by atoms with van der Waals surface area (Å²) in [5.41, 5.74) is 1.52. The lowest BCUT2D eigenvalue weighted by Gasteiger charge is -2.37. The van der Waals surface area contributed by atoms with E-state index in [4.69, 9.17) is 14.2 Å². The molecule has 2 aliphatic heterocycles. The molecule has 2 aromatic carbocycles. The topological polar surface area (TPSA) is 68.3 Å². The second kappa shape index (κ2) is 12.0. The van der Waals surface area contributed by atoms with Gasteiger partial charge in [0.1, 0.15) is 30.5 Å². The number of carbonyl (C=O) groups excluding carboxylic acids is 2. The van der Waals surface area contributed by atoms with Crippen LogP contribution in [0.2, 0.25) is 0 Å². The van der Waals surface area contributed by atoms with E-state index in [-0.39, 0.29) is 42.9 Å². The molecule has 3 aromatic rings. The molecule has 2 aliphatic rings. The number of ether oxygens (including phenoxy) is 3. The van der Waals surface area contributed by atoms with Crippen LogP contribution in [-0.2, 0) is 16.0 Å². The third-order valence-electron chi connectivity index (χ3n) is 7.01. The van der Waals surface area contributed by atoms with E-state index in [1.165, 1.54) is 17.0 Å². The van der Waals surface area contributed by atoms with Gasteiger partial charge in [-0.1, -0.05) is 6.07 Å². The average molecular weight is 539 g/mol. The van der Waals surface area contributed by atoms with Crippen LogP contribution in [0.4, 0.5) is 4.39 Å². The smallest absolute Gasteiger partial charge is 0.254 e. The summed E-state index contributed by atoms with van der Waals surface area (Å²) in [6.07, 6.45) is 2.45. The number of thiophene rings is 1. The van der Waals surface area contributed by atoms with Gasteiger partial charge in [0.15, 0.2) is 0 Å². The van der Waals surface area contributed by atoms with Crippen molar-refractivity contribution in [2.45, 2.75) is 31.4 Å². The van der Waals surface area contributed by atoms with Crippen LogP contribution in [-0.4, -0.2) is 67.7 Å². The van der Waals surface area contributed by atoms with Crippen molar-refractivity contribution in [1.29, 1.82) is 0 Å². The van der Waals surface area contributed by atoms with Gasteiger partial charge in [0.05, 0.1) is 19.3 Å². The number of rotatable bonds is 9. The maximum atomic E-state index is 13.8. The first-order chi connectivity index (χ1) is 18.5. The van der Waals surface area contributed by atoms with Crippen molar-refractivity contribution in [2.24, 2.45) is 0 Å². The molecule has 200 valence electrons. The van der Waals surface area contributed by atoms with Gasteiger partial charge in [0.25, 0.3) is 5.91 Å². The van der Waals surface area contributed by atoms with Gasteiger partial charge in [-0.05, 0) is 78.7 Å². The minimum Gasteiger partial charge on any atom is -0.497 e. The van der Waals surface area contributed by atoms with Gasteiger partial charge in [-0.25, -0.2) is 4.39 Å². The maximum Gasteiger partial charge on any atom is 0.254 e. The molecule has 2 atom stereocenters. The number of halogens is 1. The fourth-order valence-corrected chi connectivity index (χ4v) is 5.95. The largest absolute Gasteiger partial charge is 0.497 e. The van der Waals surface area contributed by atoms with E-state index in [0.29, 0.717) is 36.8 Å². The van der Waals surface area contributed by atoms with Gasteiger partial charge in [0.2, 0.25) is 5.91 Å². The van der Waals surface area contributed by atoms with Gasteiger partial charge in [-0.2, -0.15) is 0 Å². The quantitative estimate of drug-likeness (QED) is 0.394. The first-order valence-corrected chi connectivity index (χ1v) is 13.7. The third-order valence-corrected chi connectivity index (χ3v) is 8.01.